The number of hydrogen-bond donors (Lipinski definition) is 1. The van der Waals surface area contributed by atoms with E-state index in [0.717, 1.165) is 33.3 Å². The first-order valence-electron chi connectivity index (χ1n) is 12.7. The van der Waals surface area contributed by atoms with E-state index in [4.69, 9.17) is 0 Å². The summed E-state index contributed by atoms with van der Waals surface area (Å²) < 4.78 is 40.3. The molecule has 0 aromatic heterocycles. The number of aryl methyl sites for hydroxylation is 1. The van der Waals surface area contributed by atoms with Crippen molar-refractivity contribution < 1.29 is 22.4 Å². The monoisotopic (exact) mass is 553 g/mol. The summed E-state index contributed by atoms with van der Waals surface area (Å²) in [4.78, 5) is 29.1. The molecule has 1 atom stereocenters. The lowest BCUT2D eigenvalue weighted by molar-refractivity contribution is -0.140. The molecular weight excluding hydrogens is 517 g/mol. The van der Waals surface area contributed by atoms with Crippen LogP contribution in [0.3, 0.4) is 0 Å². The van der Waals surface area contributed by atoms with Gasteiger partial charge < -0.3 is 10.2 Å². The molecule has 0 radical (unpaired) electrons. The fraction of sp³-hybridized carbons (Fsp3) is 0.333. The number of carbonyl (C=O) groups excluding carboxylic acids is 2. The molecule has 0 saturated heterocycles. The van der Waals surface area contributed by atoms with E-state index in [1.165, 1.54) is 23.1 Å². The Morgan fingerprint density at radius 1 is 0.923 bits per heavy atom. The van der Waals surface area contributed by atoms with Crippen LogP contribution in [0.1, 0.15) is 37.5 Å². The Hall–Kier alpha value is -3.72. The predicted octanol–water partition coefficient (Wildman–Crippen LogP) is 4.45. The maximum absolute atomic E-state index is 14.0. The van der Waals surface area contributed by atoms with Crippen LogP contribution in [0.5, 0.6) is 0 Å². The molecule has 0 fully saturated rings. The molecule has 3 aromatic carbocycles. The van der Waals surface area contributed by atoms with Gasteiger partial charge in [-0.15, -0.1) is 0 Å². The Morgan fingerprint density at radius 3 is 2.15 bits per heavy atom. The van der Waals surface area contributed by atoms with Crippen molar-refractivity contribution in [2.45, 2.75) is 52.2 Å². The van der Waals surface area contributed by atoms with Gasteiger partial charge in [0.05, 0.1) is 11.9 Å². The van der Waals surface area contributed by atoms with Crippen molar-refractivity contribution >= 4 is 27.5 Å². The van der Waals surface area contributed by atoms with E-state index >= 15 is 0 Å². The summed E-state index contributed by atoms with van der Waals surface area (Å²) in [6.45, 7) is 6.98. The average Bonchev–Trinajstić information content (AvgIpc) is 2.83. The summed E-state index contributed by atoms with van der Waals surface area (Å²) in [5, 5.41) is 2.98. The van der Waals surface area contributed by atoms with Crippen LogP contribution in [0, 0.1) is 12.7 Å². The molecule has 39 heavy (non-hydrogen) atoms. The van der Waals surface area contributed by atoms with Crippen LogP contribution in [0.15, 0.2) is 78.9 Å². The fourth-order valence-corrected chi connectivity index (χ4v) is 5.10. The summed E-state index contributed by atoms with van der Waals surface area (Å²) in [5.74, 6) is -1.57. The molecule has 2 amide bonds. The highest BCUT2D eigenvalue weighted by Crippen LogP contribution is 2.21. The van der Waals surface area contributed by atoms with E-state index < -0.39 is 39.9 Å². The smallest absolute Gasteiger partial charge is 0.244 e. The van der Waals surface area contributed by atoms with E-state index in [0.29, 0.717) is 0 Å². The zero-order valence-electron chi connectivity index (χ0n) is 23.0. The lowest BCUT2D eigenvalue weighted by Gasteiger charge is -2.35. The summed E-state index contributed by atoms with van der Waals surface area (Å²) >= 11 is 0. The molecule has 0 aliphatic rings. The molecule has 0 heterocycles. The van der Waals surface area contributed by atoms with Gasteiger partial charge in [0.2, 0.25) is 21.8 Å². The summed E-state index contributed by atoms with van der Waals surface area (Å²) in [6, 6.07) is 21.0. The van der Waals surface area contributed by atoms with Gasteiger partial charge in [0, 0.05) is 18.5 Å². The van der Waals surface area contributed by atoms with Crippen molar-refractivity contribution in [2.24, 2.45) is 0 Å². The molecule has 0 aliphatic carbocycles. The summed E-state index contributed by atoms with van der Waals surface area (Å²) in [6.07, 6.45) is 1.18. The Kier molecular flexibility index (Phi) is 9.50. The molecule has 0 aliphatic heterocycles. The second-order valence-electron chi connectivity index (χ2n) is 10.7. The largest absolute Gasteiger partial charge is 0.350 e. The minimum atomic E-state index is -3.96. The number of amides is 2. The zero-order chi connectivity index (χ0) is 28.8. The molecular formula is C30H36FN3O4S. The van der Waals surface area contributed by atoms with Gasteiger partial charge in [-0.3, -0.25) is 13.9 Å². The Bertz CT molecular complexity index is 1400. The van der Waals surface area contributed by atoms with Gasteiger partial charge >= 0.3 is 0 Å². The van der Waals surface area contributed by atoms with E-state index in [9.17, 15) is 22.4 Å². The lowest BCUT2D eigenvalue weighted by atomic mass is 10.0. The van der Waals surface area contributed by atoms with Crippen molar-refractivity contribution in [3.8, 4) is 0 Å². The van der Waals surface area contributed by atoms with Gasteiger partial charge in [-0.05, 0) is 57.0 Å². The van der Waals surface area contributed by atoms with Crippen LogP contribution >= 0.6 is 0 Å². The number of halogens is 1. The van der Waals surface area contributed by atoms with E-state index in [1.54, 1.807) is 0 Å². The number of carbonyl (C=O) groups is 2. The number of anilines is 1. The van der Waals surface area contributed by atoms with Crippen LogP contribution in [0.25, 0.3) is 0 Å². The van der Waals surface area contributed by atoms with Gasteiger partial charge in [0.25, 0.3) is 0 Å². The van der Waals surface area contributed by atoms with E-state index in [-0.39, 0.29) is 24.6 Å². The second-order valence-corrected chi connectivity index (χ2v) is 12.6. The standard InChI is InChI=1S/C30H36FN3O4S/c1-22-11-9-14-24(17-22)20-33(27(29(36)32-30(2,3)4)18-23-12-7-6-8-13-23)28(35)21-34(39(5,37)38)26-16-10-15-25(31)19-26/h6-17,19,27H,18,20-21H2,1-5H3,(H,32,36). The highest BCUT2D eigenvalue weighted by molar-refractivity contribution is 7.92. The number of rotatable bonds is 10. The third-order valence-corrected chi connectivity index (χ3v) is 7.12. The van der Waals surface area contributed by atoms with Crippen molar-refractivity contribution in [3.05, 3.63) is 101 Å². The Labute approximate surface area is 230 Å². The first-order valence-corrected chi connectivity index (χ1v) is 14.5. The molecule has 0 bridgehead atoms. The molecule has 0 spiro atoms. The number of benzene rings is 3. The summed E-state index contributed by atoms with van der Waals surface area (Å²) in [7, 11) is -3.96. The number of sulfonamides is 1. The topological polar surface area (TPSA) is 86.8 Å². The molecule has 0 saturated carbocycles. The van der Waals surface area contributed by atoms with Crippen LogP contribution in [-0.2, 0) is 32.6 Å². The third-order valence-electron chi connectivity index (χ3n) is 5.98. The minimum absolute atomic E-state index is 0.0279. The Balaban J connectivity index is 2.08. The molecule has 3 aromatic rings. The molecule has 9 heteroatoms. The quantitative estimate of drug-likeness (QED) is 0.402. The van der Waals surface area contributed by atoms with Crippen molar-refractivity contribution in [3.63, 3.8) is 0 Å². The fourth-order valence-electron chi connectivity index (χ4n) is 4.26. The average molecular weight is 554 g/mol. The van der Waals surface area contributed by atoms with Gasteiger partial charge in [-0.1, -0.05) is 66.2 Å². The number of nitrogens with one attached hydrogen (secondary N) is 1. The molecule has 3 rings (SSSR count). The second kappa shape index (κ2) is 12.4. The highest BCUT2D eigenvalue weighted by Gasteiger charge is 2.34. The SMILES string of the molecule is Cc1cccc(CN(C(=O)CN(c2cccc(F)c2)S(C)(=O)=O)C(Cc2ccccc2)C(=O)NC(C)(C)C)c1. The number of hydrogen-bond acceptors (Lipinski definition) is 4. The van der Waals surface area contributed by atoms with Gasteiger partial charge in [-0.2, -0.15) is 0 Å². The molecule has 1 N–H and O–H groups in total. The van der Waals surface area contributed by atoms with Crippen molar-refractivity contribution in [1.29, 1.82) is 0 Å². The van der Waals surface area contributed by atoms with Crippen molar-refractivity contribution in [1.82, 2.24) is 10.2 Å². The highest BCUT2D eigenvalue weighted by atomic mass is 32.2. The van der Waals surface area contributed by atoms with Gasteiger partial charge in [0.1, 0.15) is 18.4 Å². The predicted molar refractivity (Wildman–Crippen MR) is 152 cm³/mol. The van der Waals surface area contributed by atoms with Gasteiger partial charge in [-0.25, -0.2) is 12.8 Å². The summed E-state index contributed by atoms with van der Waals surface area (Å²) in [5.41, 5.74) is 2.08. The lowest BCUT2D eigenvalue weighted by Crippen LogP contribution is -2.56. The molecule has 1 unspecified atom stereocenters. The van der Waals surface area contributed by atoms with Crippen LogP contribution < -0.4 is 9.62 Å². The zero-order valence-corrected chi connectivity index (χ0v) is 23.8. The van der Waals surface area contributed by atoms with Crippen molar-refractivity contribution in [2.75, 3.05) is 17.1 Å². The Morgan fingerprint density at radius 2 is 1.56 bits per heavy atom. The van der Waals surface area contributed by atoms with Crippen LogP contribution in [0.4, 0.5) is 10.1 Å². The van der Waals surface area contributed by atoms with Crippen LogP contribution in [0.2, 0.25) is 0 Å². The van der Waals surface area contributed by atoms with E-state index in [1.807, 2.05) is 82.3 Å². The first kappa shape index (κ1) is 29.8. The molecule has 208 valence electrons. The maximum Gasteiger partial charge on any atom is 0.244 e. The maximum atomic E-state index is 14.0. The minimum Gasteiger partial charge on any atom is -0.350 e. The van der Waals surface area contributed by atoms with Crippen LogP contribution in [-0.4, -0.2) is 49.5 Å². The van der Waals surface area contributed by atoms with Gasteiger partial charge in [0.15, 0.2) is 0 Å². The van der Waals surface area contributed by atoms with E-state index in [2.05, 4.69) is 5.32 Å². The normalized spacial score (nSPS) is 12.5. The number of nitrogens with zero attached hydrogens (tertiary/aromatic N) is 2. The molecule has 7 nitrogen and oxygen atoms in total. The first-order chi connectivity index (χ1) is 18.2. The third kappa shape index (κ3) is 8.92.